The van der Waals surface area contributed by atoms with Crippen LogP contribution in [0.4, 0.5) is 0 Å². The van der Waals surface area contributed by atoms with Crippen molar-refractivity contribution in [3.05, 3.63) is 10.1 Å². The Morgan fingerprint density at radius 1 is 1.07 bits per heavy atom. The van der Waals surface area contributed by atoms with Crippen molar-refractivity contribution in [3.63, 3.8) is 0 Å². The van der Waals surface area contributed by atoms with Gasteiger partial charge in [-0.2, -0.15) is 0 Å². The van der Waals surface area contributed by atoms with Gasteiger partial charge in [-0.1, -0.05) is 0 Å². The summed E-state index contributed by atoms with van der Waals surface area (Å²) in [6.07, 6.45) is 0. The number of carboxylic acid groups (broad SMARTS) is 2. The van der Waals surface area contributed by atoms with Crippen LogP contribution in [0.15, 0.2) is 0 Å². The Labute approximate surface area is 84.4 Å². The molecule has 0 rings (SSSR count). The first-order valence-corrected chi connectivity index (χ1v) is 3.31. The first-order valence-electron chi connectivity index (χ1n) is 3.31. The molecule has 0 amide bonds. The van der Waals surface area contributed by atoms with Gasteiger partial charge in [0.2, 0.25) is 0 Å². The number of rotatable bonds is 1. The third-order valence-electron chi connectivity index (χ3n) is 0.203. The molecule has 88 valence electrons. The summed E-state index contributed by atoms with van der Waals surface area (Å²) >= 11 is 0. The Hall–Kier alpha value is -2.19. The zero-order valence-corrected chi connectivity index (χ0v) is 8.29. The van der Waals surface area contributed by atoms with Gasteiger partial charge in [0.25, 0.3) is 11.9 Å². The van der Waals surface area contributed by atoms with E-state index in [9.17, 15) is 14.9 Å². The summed E-state index contributed by atoms with van der Waals surface area (Å²) in [4.78, 5) is 40.1. The fraction of sp³-hybridized carbons (Fsp3) is 0.500. The minimum absolute atomic E-state index is 0.833. The van der Waals surface area contributed by atoms with Crippen LogP contribution in [0.1, 0.15) is 20.8 Å². The van der Waals surface area contributed by atoms with Gasteiger partial charge >= 0.3 is 11.1 Å². The summed E-state index contributed by atoms with van der Waals surface area (Å²) in [6, 6.07) is 0. The normalized spacial score (nSPS) is 6.87. The van der Waals surface area contributed by atoms with Crippen molar-refractivity contribution >= 4 is 17.9 Å². The fourth-order valence-corrected chi connectivity index (χ4v) is 0.105. The quantitative estimate of drug-likeness (QED) is 0.465. The van der Waals surface area contributed by atoms with E-state index in [1.54, 1.807) is 0 Å². The predicted octanol–water partition coefficient (Wildman–Crippen LogP) is -0.0770. The largest absolute Gasteiger partial charge is 0.481 e. The number of aliphatic carboxylic acids is 2. The van der Waals surface area contributed by atoms with Gasteiger partial charge in [0, 0.05) is 20.8 Å². The molecule has 0 atom stereocenters. The monoisotopic (exact) mass is 225 g/mol. The molecule has 0 radical (unpaired) electrons. The van der Waals surface area contributed by atoms with Crippen LogP contribution in [0.5, 0.6) is 0 Å². The lowest BCUT2D eigenvalue weighted by molar-refractivity contribution is -0.729. The highest BCUT2D eigenvalue weighted by atomic mass is 17.0. The van der Waals surface area contributed by atoms with Crippen molar-refractivity contribution < 1.29 is 34.5 Å². The lowest BCUT2D eigenvalue weighted by Crippen LogP contribution is -2.04. The maximum atomic E-state index is 9.59. The van der Waals surface area contributed by atoms with Crippen molar-refractivity contribution in [2.45, 2.75) is 20.8 Å². The Bertz CT molecular complexity index is 203. The average Bonchev–Trinajstić information content (AvgIpc) is 1.78. The number of carbonyl (C=O) groups is 3. The minimum Gasteiger partial charge on any atom is -0.481 e. The molecule has 0 aliphatic heterocycles. The molecule has 2 N–H and O–H groups in total. The topological polar surface area (TPSA) is 144 Å². The van der Waals surface area contributed by atoms with E-state index in [1.807, 2.05) is 0 Å². The van der Waals surface area contributed by atoms with Gasteiger partial charge in [-0.05, 0) is 0 Å². The highest BCUT2D eigenvalue weighted by molar-refractivity contribution is 5.65. The molecule has 0 saturated heterocycles. The summed E-state index contributed by atoms with van der Waals surface area (Å²) in [7, 11) is 0. The van der Waals surface area contributed by atoms with E-state index in [-0.39, 0.29) is 0 Å². The summed E-state index contributed by atoms with van der Waals surface area (Å²) in [5.41, 5.74) is 0. The maximum Gasteiger partial charge on any atom is 0.302 e. The molecule has 0 spiro atoms. The molecule has 0 bridgehead atoms. The maximum absolute atomic E-state index is 9.59. The van der Waals surface area contributed by atoms with Gasteiger partial charge in [-0.15, -0.1) is 10.1 Å². The molecule has 9 nitrogen and oxygen atoms in total. The van der Waals surface area contributed by atoms with E-state index >= 15 is 0 Å². The SMILES string of the molecule is CC(=O)O.CC(=O)O.CC(=O)O[N+](=O)[O-]. The van der Waals surface area contributed by atoms with Crippen LogP contribution in [-0.2, 0) is 19.2 Å². The van der Waals surface area contributed by atoms with Crippen LogP contribution in [0.25, 0.3) is 0 Å². The third kappa shape index (κ3) is 347. The number of nitrogens with zero attached hydrogens (tertiary/aromatic N) is 1. The van der Waals surface area contributed by atoms with Crippen LogP contribution in [-0.4, -0.2) is 33.2 Å². The van der Waals surface area contributed by atoms with Gasteiger partial charge < -0.3 is 10.2 Å². The van der Waals surface area contributed by atoms with Crippen LogP contribution in [0.3, 0.4) is 0 Å². The summed E-state index contributed by atoms with van der Waals surface area (Å²) < 4.78 is 0. The number of hydrogen-bond acceptors (Lipinski definition) is 6. The van der Waals surface area contributed by atoms with E-state index in [2.05, 4.69) is 4.84 Å². The summed E-state index contributed by atoms with van der Waals surface area (Å²) in [6.45, 7) is 3.13. The Morgan fingerprint density at radius 3 is 1.27 bits per heavy atom. The lowest BCUT2D eigenvalue weighted by atomic mass is 10.8. The molecule has 0 aliphatic rings. The second-order valence-corrected chi connectivity index (χ2v) is 1.84. The van der Waals surface area contributed by atoms with Gasteiger partial charge in [0.1, 0.15) is 0 Å². The molecule has 9 heteroatoms. The number of carbonyl (C=O) groups excluding carboxylic acids is 1. The molecule has 0 fully saturated rings. The van der Waals surface area contributed by atoms with Crippen LogP contribution < -0.4 is 0 Å². The molecule has 0 saturated carbocycles. The van der Waals surface area contributed by atoms with E-state index in [1.165, 1.54) is 0 Å². The second-order valence-electron chi connectivity index (χ2n) is 1.84. The average molecular weight is 225 g/mol. The highest BCUT2D eigenvalue weighted by Gasteiger charge is 1.95. The Balaban J connectivity index is -0.000000155. The summed E-state index contributed by atoms with van der Waals surface area (Å²) in [5, 5.41) is 22.9. The van der Waals surface area contributed by atoms with Crippen LogP contribution in [0.2, 0.25) is 0 Å². The summed E-state index contributed by atoms with van der Waals surface area (Å²) in [5.74, 6) is -2.58. The second kappa shape index (κ2) is 11.8. The Kier molecular flexibility index (Phi) is 14.6. The van der Waals surface area contributed by atoms with E-state index in [0.29, 0.717) is 0 Å². The highest BCUT2D eigenvalue weighted by Crippen LogP contribution is 1.72. The van der Waals surface area contributed by atoms with Crippen molar-refractivity contribution in [1.29, 1.82) is 0 Å². The molecule has 0 aliphatic carbocycles. The van der Waals surface area contributed by atoms with Gasteiger partial charge in [0.15, 0.2) is 0 Å². The van der Waals surface area contributed by atoms with Gasteiger partial charge in [-0.25, -0.2) is 4.84 Å². The number of carboxylic acids is 2. The van der Waals surface area contributed by atoms with Crippen LogP contribution in [0, 0.1) is 10.1 Å². The first kappa shape index (κ1) is 18.6. The molecule has 0 aromatic heterocycles. The van der Waals surface area contributed by atoms with Crippen molar-refractivity contribution in [1.82, 2.24) is 0 Å². The van der Waals surface area contributed by atoms with Gasteiger partial charge in [-0.3, -0.25) is 14.4 Å². The zero-order chi connectivity index (χ0) is 13.0. The first-order chi connectivity index (χ1) is 6.59. The van der Waals surface area contributed by atoms with Crippen LogP contribution >= 0.6 is 0 Å². The zero-order valence-electron chi connectivity index (χ0n) is 8.29. The van der Waals surface area contributed by atoms with Crippen molar-refractivity contribution in [3.8, 4) is 0 Å². The predicted molar refractivity (Wildman–Crippen MR) is 45.4 cm³/mol. The van der Waals surface area contributed by atoms with Crippen molar-refractivity contribution in [2.75, 3.05) is 0 Å². The molecule has 15 heavy (non-hydrogen) atoms. The Morgan fingerprint density at radius 2 is 1.27 bits per heavy atom. The molecular formula is C6H11NO8. The lowest BCUT2D eigenvalue weighted by Gasteiger charge is -1.82. The molecule has 0 aromatic carbocycles. The van der Waals surface area contributed by atoms with Crippen molar-refractivity contribution in [2.24, 2.45) is 0 Å². The standard InChI is InChI=1S/C2H3NO4.2C2H4O2/c1-2(4)7-3(5)6;2*1-2(3)4/h1H3;2*1H3,(H,3,4). The minimum atomic E-state index is -1.15. The fourth-order valence-electron chi connectivity index (χ4n) is 0.105. The third-order valence-corrected chi connectivity index (χ3v) is 0.203. The van der Waals surface area contributed by atoms with E-state index < -0.39 is 23.0 Å². The molecule has 0 aromatic rings. The molecule has 0 heterocycles. The van der Waals surface area contributed by atoms with E-state index in [4.69, 9.17) is 19.8 Å². The van der Waals surface area contributed by atoms with Gasteiger partial charge in [0.05, 0.1) is 0 Å². The molecule has 0 unspecified atom stereocenters. The molecular weight excluding hydrogens is 214 g/mol. The number of hydrogen-bond donors (Lipinski definition) is 2. The smallest absolute Gasteiger partial charge is 0.302 e. The van der Waals surface area contributed by atoms with E-state index in [0.717, 1.165) is 20.8 Å².